The number of hydrogen-bond donors (Lipinski definition) is 0. The number of hydrogen-bond acceptors (Lipinski definition) is 2. The highest BCUT2D eigenvalue weighted by Gasteiger charge is 2.62. The fraction of sp³-hybridized carbons (Fsp3) is 0.611. The topological polar surface area (TPSA) is 17.1 Å². The van der Waals surface area contributed by atoms with E-state index < -0.39 is 0 Å². The largest absolute Gasteiger partial charge is 0.298 e. The molecule has 1 aliphatic rings. The predicted octanol–water partition coefficient (Wildman–Crippen LogP) is 5.20. The van der Waals surface area contributed by atoms with Gasteiger partial charge in [-0.15, -0.1) is 11.8 Å². The van der Waals surface area contributed by atoms with E-state index in [-0.39, 0.29) is 21.5 Å². The van der Waals surface area contributed by atoms with Gasteiger partial charge in [-0.25, -0.2) is 0 Å². The number of Topliss-reactive ketones (excluding diaryl/α,β-unsaturated/α-hetero) is 1. The van der Waals surface area contributed by atoms with Crippen LogP contribution in [-0.4, -0.2) is 10.5 Å². The quantitative estimate of drug-likeness (QED) is 0.744. The molecule has 0 aromatic heterocycles. The molecule has 0 aliphatic heterocycles. The minimum absolute atomic E-state index is 0.0215. The summed E-state index contributed by atoms with van der Waals surface area (Å²) in [6, 6.07) is 10.3. The van der Waals surface area contributed by atoms with Crippen molar-refractivity contribution in [3.8, 4) is 0 Å². The standard InChI is InChI=1S/C18H26OS/c1-16(2,3)14-12-18(15(14)19,17(4,5)6)20-13-10-8-7-9-11-13/h7-11,14H,12H2,1-6H3. The zero-order valence-corrected chi connectivity index (χ0v) is 14.3. The first-order chi connectivity index (χ1) is 9.08. The highest BCUT2D eigenvalue weighted by atomic mass is 32.2. The fourth-order valence-corrected chi connectivity index (χ4v) is 4.44. The average Bonchev–Trinajstić information content (AvgIpc) is 2.31. The molecule has 1 fully saturated rings. The average molecular weight is 290 g/mol. The monoisotopic (exact) mass is 290 g/mol. The van der Waals surface area contributed by atoms with Crippen LogP contribution in [-0.2, 0) is 4.79 Å². The molecule has 0 amide bonds. The molecule has 20 heavy (non-hydrogen) atoms. The molecule has 0 radical (unpaired) electrons. The predicted molar refractivity (Wildman–Crippen MR) is 87.1 cm³/mol. The van der Waals surface area contributed by atoms with Crippen molar-refractivity contribution in [3.63, 3.8) is 0 Å². The van der Waals surface area contributed by atoms with Crippen molar-refractivity contribution in [1.82, 2.24) is 0 Å². The highest BCUT2D eigenvalue weighted by molar-refractivity contribution is 8.01. The van der Waals surface area contributed by atoms with E-state index in [2.05, 4.69) is 53.7 Å². The van der Waals surface area contributed by atoms with Crippen molar-refractivity contribution in [2.24, 2.45) is 16.7 Å². The highest BCUT2D eigenvalue weighted by Crippen LogP contribution is 2.60. The Labute approximate surface area is 127 Å². The molecule has 2 rings (SSSR count). The zero-order chi connectivity index (χ0) is 15.2. The first kappa shape index (κ1) is 15.6. The number of ketones is 1. The third kappa shape index (κ3) is 2.55. The summed E-state index contributed by atoms with van der Waals surface area (Å²) < 4.78 is -0.272. The van der Waals surface area contributed by atoms with Crippen LogP contribution in [0.3, 0.4) is 0 Å². The van der Waals surface area contributed by atoms with Crippen LogP contribution in [0.1, 0.15) is 48.0 Å². The number of carbonyl (C=O) groups excluding carboxylic acids is 1. The summed E-state index contributed by atoms with van der Waals surface area (Å²) in [5.74, 6) is 0.629. The fourth-order valence-electron chi connectivity index (χ4n) is 2.94. The van der Waals surface area contributed by atoms with Gasteiger partial charge in [-0.2, -0.15) is 0 Å². The summed E-state index contributed by atoms with van der Waals surface area (Å²) in [6.45, 7) is 13.1. The van der Waals surface area contributed by atoms with Crippen LogP contribution >= 0.6 is 11.8 Å². The Balaban J connectivity index is 2.30. The summed E-state index contributed by atoms with van der Waals surface area (Å²) in [5.41, 5.74) is 0.0510. The van der Waals surface area contributed by atoms with Crippen LogP contribution in [0.5, 0.6) is 0 Å². The maximum Gasteiger partial charge on any atom is 0.153 e. The summed E-state index contributed by atoms with van der Waals surface area (Å²) in [6.07, 6.45) is 0.985. The zero-order valence-electron chi connectivity index (χ0n) is 13.5. The SMILES string of the molecule is CC(C)(C)C1CC(Sc2ccccc2)(C(C)(C)C)C1=O. The minimum Gasteiger partial charge on any atom is -0.298 e. The van der Waals surface area contributed by atoms with Gasteiger partial charge in [0.15, 0.2) is 5.78 Å². The summed E-state index contributed by atoms with van der Waals surface area (Å²) in [5, 5.41) is 0. The number of benzene rings is 1. The van der Waals surface area contributed by atoms with Crippen LogP contribution in [0.4, 0.5) is 0 Å². The lowest BCUT2D eigenvalue weighted by Crippen LogP contribution is -2.62. The third-order valence-corrected chi connectivity index (χ3v) is 6.33. The normalized spacial score (nSPS) is 27.3. The van der Waals surface area contributed by atoms with Crippen LogP contribution in [0.2, 0.25) is 0 Å². The molecule has 1 aliphatic carbocycles. The van der Waals surface area contributed by atoms with Gasteiger partial charge < -0.3 is 0 Å². The molecule has 0 heterocycles. The third-order valence-electron chi connectivity index (χ3n) is 4.50. The Morgan fingerprint density at radius 3 is 2.00 bits per heavy atom. The van der Waals surface area contributed by atoms with Gasteiger partial charge in [0.25, 0.3) is 0 Å². The first-order valence-electron chi connectivity index (χ1n) is 7.36. The molecule has 1 aromatic rings. The van der Waals surface area contributed by atoms with Gasteiger partial charge in [0.2, 0.25) is 0 Å². The smallest absolute Gasteiger partial charge is 0.153 e. The Kier molecular flexibility index (Phi) is 3.83. The van der Waals surface area contributed by atoms with Gasteiger partial charge in [-0.1, -0.05) is 59.7 Å². The summed E-state index contributed by atoms with van der Waals surface area (Å²) in [7, 11) is 0. The molecule has 2 heteroatoms. The Morgan fingerprint density at radius 1 is 1.05 bits per heavy atom. The lowest BCUT2D eigenvalue weighted by Gasteiger charge is -2.56. The molecule has 1 saturated carbocycles. The summed E-state index contributed by atoms with van der Waals surface area (Å²) >= 11 is 1.76. The molecule has 110 valence electrons. The molecule has 0 saturated heterocycles. The van der Waals surface area contributed by atoms with Crippen LogP contribution in [0.15, 0.2) is 35.2 Å². The molecule has 2 atom stereocenters. The second-order valence-corrected chi connectivity index (χ2v) is 9.35. The first-order valence-corrected chi connectivity index (χ1v) is 8.18. The lowest BCUT2D eigenvalue weighted by molar-refractivity contribution is -0.143. The second kappa shape index (κ2) is 4.91. The minimum atomic E-state index is -0.272. The molecule has 0 N–H and O–H groups in total. The van der Waals surface area contributed by atoms with E-state index in [1.54, 1.807) is 11.8 Å². The number of thioether (sulfide) groups is 1. The van der Waals surface area contributed by atoms with Crippen molar-refractivity contribution in [1.29, 1.82) is 0 Å². The molecular formula is C18H26OS. The maximum absolute atomic E-state index is 13.0. The van der Waals surface area contributed by atoms with Gasteiger partial charge >= 0.3 is 0 Å². The van der Waals surface area contributed by atoms with E-state index in [1.807, 2.05) is 18.2 Å². The molecular weight excluding hydrogens is 264 g/mol. The van der Waals surface area contributed by atoms with Crippen molar-refractivity contribution < 1.29 is 4.79 Å². The molecule has 2 unspecified atom stereocenters. The second-order valence-electron chi connectivity index (χ2n) is 7.98. The Bertz CT molecular complexity index is 492. The molecule has 0 spiro atoms. The van der Waals surface area contributed by atoms with E-state index in [1.165, 1.54) is 4.90 Å². The van der Waals surface area contributed by atoms with E-state index >= 15 is 0 Å². The lowest BCUT2D eigenvalue weighted by atomic mass is 9.54. The van der Waals surface area contributed by atoms with Gasteiger partial charge in [-0.3, -0.25) is 4.79 Å². The molecule has 0 bridgehead atoms. The molecule has 1 nitrogen and oxygen atoms in total. The van der Waals surface area contributed by atoms with E-state index in [9.17, 15) is 4.79 Å². The van der Waals surface area contributed by atoms with E-state index in [4.69, 9.17) is 0 Å². The van der Waals surface area contributed by atoms with Crippen molar-refractivity contribution in [2.45, 2.75) is 57.6 Å². The van der Waals surface area contributed by atoms with Crippen molar-refractivity contribution in [2.75, 3.05) is 0 Å². The van der Waals surface area contributed by atoms with E-state index in [0.29, 0.717) is 5.78 Å². The van der Waals surface area contributed by atoms with Crippen LogP contribution < -0.4 is 0 Å². The Hall–Kier alpha value is -0.760. The molecule has 1 aromatic carbocycles. The van der Waals surface area contributed by atoms with Crippen molar-refractivity contribution in [3.05, 3.63) is 30.3 Å². The van der Waals surface area contributed by atoms with Crippen LogP contribution in [0, 0.1) is 16.7 Å². The van der Waals surface area contributed by atoms with Gasteiger partial charge in [-0.05, 0) is 29.4 Å². The Morgan fingerprint density at radius 2 is 1.60 bits per heavy atom. The van der Waals surface area contributed by atoms with Gasteiger partial charge in [0.05, 0.1) is 4.75 Å². The van der Waals surface area contributed by atoms with Crippen LogP contribution in [0.25, 0.3) is 0 Å². The number of rotatable bonds is 2. The van der Waals surface area contributed by atoms with Gasteiger partial charge in [0.1, 0.15) is 0 Å². The maximum atomic E-state index is 13.0. The van der Waals surface area contributed by atoms with E-state index in [0.717, 1.165) is 6.42 Å². The van der Waals surface area contributed by atoms with Gasteiger partial charge in [0, 0.05) is 10.8 Å². The van der Waals surface area contributed by atoms with Crippen molar-refractivity contribution >= 4 is 17.5 Å². The summed E-state index contributed by atoms with van der Waals surface area (Å²) in [4.78, 5) is 14.2. The number of carbonyl (C=O) groups is 1.